The molecule has 2 aromatic heterocycles. The fourth-order valence-corrected chi connectivity index (χ4v) is 9.16. The summed E-state index contributed by atoms with van der Waals surface area (Å²) in [5.41, 5.74) is -1.46. The standard InChI is InChI=1S/C39H43F2N5O5.C2H6/c1-3-27-30(40)8-7-24-16-26(48)17-28(32(24)27)34-33(41)35-29(18-42-34)36(45-12-13-50-21-38(2,49)20-45)44-37(43-35)51-22-39-9-4-6-31(39)46(11-5-10-39)25-14-23(15-25)19-47;1-2/h1,7-8,16-18,23,25,31,47-49H,4-6,9-15,19-22H2,2H3;1-2H3. The molecular weight excluding hydrogens is 680 g/mol. The molecule has 0 radical (unpaired) electrons. The maximum Gasteiger partial charge on any atom is 0.319 e. The molecule has 3 atom stereocenters. The van der Waals surface area contributed by atoms with Crippen molar-refractivity contribution in [2.75, 3.05) is 51.0 Å². The zero-order valence-electron chi connectivity index (χ0n) is 30.7. The molecule has 3 N–H and O–H groups in total. The van der Waals surface area contributed by atoms with E-state index < -0.39 is 17.2 Å². The molecule has 10 nitrogen and oxygen atoms in total. The van der Waals surface area contributed by atoms with Gasteiger partial charge in [0.25, 0.3) is 0 Å². The molecule has 0 spiro atoms. The van der Waals surface area contributed by atoms with Crippen molar-refractivity contribution in [2.45, 2.75) is 83.4 Å². The van der Waals surface area contributed by atoms with Crippen molar-refractivity contribution >= 4 is 27.5 Å². The van der Waals surface area contributed by atoms with Crippen LogP contribution in [0.5, 0.6) is 11.8 Å². The Morgan fingerprint density at radius 2 is 1.91 bits per heavy atom. The van der Waals surface area contributed by atoms with Crippen molar-refractivity contribution in [1.29, 1.82) is 0 Å². The largest absolute Gasteiger partial charge is 0.508 e. The number of phenolic OH excluding ortho intramolecular Hbond substituents is 1. The third-order valence-electron chi connectivity index (χ3n) is 11.6. The number of rotatable bonds is 7. The number of β-amino-alcohol motifs (C(OH)–C–C–N with tert-alkyl or cyclic N) is 1. The van der Waals surface area contributed by atoms with Crippen molar-refractivity contribution in [1.82, 2.24) is 19.9 Å². The summed E-state index contributed by atoms with van der Waals surface area (Å²) < 4.78 is 44.1. The van der Waals surface area contributed by atoms with Gasteiger partial charge < -0.3 is 29.7 Å². The number of aliphatic hydroxyl groups excluding tert-OH is 1. The summed E-state index contributed by atoms with van der Waals surface area (Å²) in [7, 11) is 0. The van der Waals surface area contributed by atoms with Crippen LogP contribution in [-0.4, -0.2) is 98.9 Å². The average Bonchev–Trinajstić information content (AvgIpc) is 3.48. The van der Waals surface area contributed by atoms with E-state index in [0.29, 0.717) is 54.4 Å². The first kappa shape index (κ1) is 37.2. The number of ether oxygens (including phenoxy) is 2. The minimum atomic E-state index is -1.20. The molecule has 2 saturated carbocycles. The van der Waals surface area contributed by atoms with Gasteiger partial charge in [0.1, 0.15) is 34.2 Å². The number of hydrogen-bond acceptors (Lipinski definition) is 10. The number of likely N-dealkylation sites (tertiary alicyclic amines) is 1. The Balaban J connectivity index is 0.00000214. The van der Waals surface area contributed by atoms with Crippen LogP contribution in [0.3, 0.4) is 0 Å². The van der Waals surface area contributed by atoms with Crippen molar-refractivity contribution < 1.29 is 33.6 Å². The van der Waals surface area contributed by atoms with Crippen LogP contribution in [-0.2, 0) is 4.74 Å². The number of phenols is 1. The number of aromatic hydroxyl groups is 1. The SMILES string of the molecule is C#Cc1c(F)ccc2cc(O)cc(-c3ncc4c(N5CCOCC(C)(O)C5)nc(OCC56CCCC5N(C5CC(CO)C5)CCC6)nc4c3F)c12.CC. The lowest BCUT2D eigenvalue weighted by molar-refractivity contribution is -0.0596. The molecule has 12 heteroatoms. The lowest BCUT2D eigenvalue weighted by atomic mass is 9.72. The van der Waals surface area contributed by atoms with Crippen molar-refractivity contribution in [3.63, 3.8) is 0 Å². The zero-order valence-corrected chi connectivity index (χ0v) is 30.7. The van der Waals surface area contributed by atoms with E-state index in [-0.39, 0.29) is 64.7 Å². The fraction of sp³-hybridized carbons (Fsp3) is 0.537. The third kappa shape index (κ3) is 6.89. The highest BCUT2D eigenvalue weighted by molar-refractivity contribution is 6.03. The molecule has 2 saturated heterocycles. The first-order valence-corrected chi connectivity index (χ1v) is 18.9. The second-order valence-electron chi connectivity index (χ2n) is 15.2. The van der Waals surface area contributed by atoms with Gasteiger partial charge in [-0.15, -0.1) is 6.42 Å². The second-order valence-corrected chi connectivity index (χ2v) is 15.2. The number of anilines is 1. The molecule has 0 amide bonds. The van der Waals surface area contributed by atoms with Crippen LogP contribution in [0.2, 0.25) is 0 Å². The number of piperidine rings is 1. The van der Waals surface area contributed by atoms with E-state index in [2.05, 4.69) is 20.8 Å². The molecule has 4 fully saturated rings. The third-order valence-corrected chi connectivity index (χ3v) is 11.6. The van der Waals surface area contributed by atoms with Crippen LogP contribution in [0.25, 0.3) is 32.9 Å². The molecule has 4 aromatic rings. The van der Waals surface area contributed by atoms with Gasteiger partial charge in [-0.05, 0) is 81.5 Å². The summed E-state index contributed by atoms with van der Waals surface area (Å²) in [5, 5.41) is 32.3. The van der Waals surface area contributed by atoms with Gasteiger partial charge in [-0.1, -0.05) is 32.3 Å². The van der Waals surface area contributed by atoms with Crippen LogP contribution < -0.4 is 9.64 Å². The highest BCUT2D eigenvalue weighted by atomic mass is 19.1. The van der Waals surface area contributed by atoms with E-state index in [4.69, 9.17) is 20.9 Å². The number of aliphatic hydroxyl groups is 2. The van der Waals surface area contributed by atoms with E-state index in [9.17, 15) is 19.7 Å². The first-order valence-electron chi connectivity index (χ1n) is 18.9. The number of fused-ring (bicyclic) bond motifs is 3. The smallest absolute Gasteiger partial charge is 0.319 e. The van der Waals surface area contributed by atoms with Crippen LogP contribution >= 0.6 is 0 Å². The maximum atomic E-state index is 17.0. The average molecular weight is 730 g/mol. The lowest BCUT2D eigenvalue weighted by Crippen LogP contribution is -2.58. The Bertz CT molecular complexity index is 2030. The Labute approximate surface area is 309 Å². The van der Waals surface area contributed by atoms with Crippen molar-refractivity contribution in [3.8, 4) is 35.4 Å². The van der Waals surface area contributed by atoms with Gasteiger partial charge in [-0.25, -0.2) is 8.78 Å². The molecule has 282 valence electrons. The molecule has 2 aliphatic heterocycles. The number of aromatic nitrogens is 3. The highest BCUT2D eigenvalue weighted by Gasteiger charge is 2.51. The number of benzene rings is 2. The number of hydrogen-bond donors (Lipinski definition) is 3. The highest BCUT2D eigenvalue weighted by Crippen LogP contribution is 2.51. The van der Waals surface area contributed by atoms with Crippen LogP contribution in [0.1, 0.15) is 71.3 Å². The summed E-state index contributed by atoms with van der Waals surface area (Å²) in [6.07, 6.45) is 14.5. The maximum absolute atomic E-state index is 17.0. The predicted molar refractivity (Wildman–Crippen MR) is 200 cm³/mol. The number of nitrogens with zero attached hydrogens (tertiary/aromatic N) is 5. The van der Waals surface area contributed by atoms with Gasteiger partial charge in [0.2, 0.25) is 0 Å². The monoisotopic (exact) mass is 729 g/mol. The van der Waals surface area contributed by atoms with Gasteiger partial charge in [-0.2, -0.15) is 9.97 Å². The molecule has 2 aliphatic carbocycles. The number of terminal acetylenes is 1. The molecule has 0 bridgehead atoms. The molecule has 4 aliphatic rings. The molecular formula is C41H49F2N5O5. The molecule has 8 rings (SSSR count). The summed E-state index contributed by atoms with van der Waals surface area (Å²) in [6.45, 7) is 8.33. The van der Waals surface area contributed by atoms with Gasteiger partial charge in [0, 0.05) is 47.8 Å². The van der Waals surface area contributed by atoms with Crippen LogP contribution in [0, 0.1) is 35.3 Å². The zero-order chi connectivity index (χ0) is 37.5. The Morgan fingerprint density at radius 3 is 2.68 bits per heavy atom. The Hall–Kier alpha value is -4.15. The van der Waals surface area contributed by atoms with Crippen LogP contribution in [0.15, 0.2) is 30.5 Å². The summed E-state index contributed by atoms with van der Waals surface area (Å²) in [4.78, 5) is 18.5. The molecule has 3 unspecified atom stereocenters. The second kappa shape index (κ2) is 14.9. The van der Waals surface area contributed by atoms with Gasteiger partial charge in [0.05, 0.1) is 37.3 Å². The number of halogens is 2. The summed E-state index contributed by atoms with van der Waals surface area (Å²) in [5.74, 6) is 1.50. The fourth-order valence-electron chi connectivity index (χ4n) is 9.16. The quantitative estimate of drug-likeness (QED) is 0.189. The minimum Gasteiger partial charge on any atom is -0.508 e. The predicted octanol–water partition coefficient (Wildman–Crippen LogP) is 6.21. The Morgan fingerprint density at radius 1 is 1.11 bits per heavy atom. The molecule has 53 heavy (non-hydrogen) atoms. The van der Waals surface area contributed by atoms with Gasteiger partial charge in [0.15, 0.2) is 5.82 Å². The minimum absolute atomic E-state index is 0.00983. The molecule has 4 heterocycles. The van der Waals surface area contributed by atoms with E-state index >= 15 is 4.39 Å². The van der Waals surface area contributed by atoms with Crippen molar-refractivity contribution in [3.05, 3.63) is 47.7 Å². The Kier molecular flexibility index (Phi) is 10.5. The van der Waals surface area contributed by atoms with E-state index in [0.717, 1.165) is 51.5 Å². The summed E-state index contributed by atoms with van der Waals surface area (Å²) >= 11 is 0. The van der Waals surface area contributed by atoms with Crippen molar-refractivity contribution in [2.24, 2.45) is 11.3 Å². The van der Waals surface area contributed by atoms with E-state index in [1.54, 1.807) is 6.92 Å². The van der Waals surface area contributed by atoms with Crippen LogP contribution in [0.4, 0.5) is 14.6 Å². The topological polar surface area (TPSA) is 124 Å². The van der Waals surface area contributed by atoms with Gasteiger partial charge >= 0.3 is 6.01 Å². The lowest BCUT2D eigenvalue weighted by Gasteiger charge is -2.53. The van der Waals surface area contributed by atoms with E-state index in [1.165, 1.54) is 30.5 Å². The normalized spacial score (nSPS) is 27.4. The summed E-state index contributed by atoms with van der Waals surface area (Å²) in [6, 6.07) is 6.29. The number of pyridine rings is 1. The molecule has 2 aromatic carbocycles. The van der Waals surface area contributed by atoms with E-state index in [1.807, 2.05) is 18.7 Å². The first-order chi connectivity index (χ1) is 25.6. The van der Waals surface area contributed by atoms with Gasteiger partial charge in [-0.3, -0.25) is 9.88 Å².